The van der Waals surface area contributed by atoms with Crippen LogP contribution in [0.25, 0.3) is 0 Å². The molecular weight excluding hydrogens is 178 g/mol. The van der Waals surface area contributed by atoms with Crippen molar-refractivity contribution < 1.29 is 4.52 Å². The number of halogens is 2. The predicted molar refractivity (Wildman–Crippen MR) is 44.1 cm³/mol. The van der Waals surface area contributed by atoms with Gasteiger partial charge in [-0.05, 0) is 42.7 Å². The van der Waals surface area contributed by atoms with Gasteiger partial charge in [-0.25, -0.2) is 0 Å². The maximum atomic E-state index is 5.45. The van der Waals surface area contributed by atoms with Crippen LogP contribution >= 0.6 is 29.3 Å². The van der Waals surface area contributed by atoms with Gasteiger partial charge in [-0.1, -0.05) is 6.92 Å². The summed E-state index contributed by atoms with van der Waals surface area (Å²) in [5.74, 6) is 0. The highest BCUT2D eigenvalue weighted by molar-refractivity contribution is 8.00. The quantitative estimate of drug-likeness (QED) is 0.611. The zero-order chi connectivity index (χ0) is 7.49. The Hall–Kier alpha value is 0.970. The van der Waals surface area contributed by atoms with Crippen molar-refractivity contribution in [2.45, 2.75) is 32.8 Å². The highest BCUT2D eigenvalue weighted by atomic mass is 35.9. The first-order valence-corrected chi connectivity index (χ1v) is 5.86. The molecule has 0 aromatic carbocycles. The second-order valence-electron chi connectivity index (χ2n) is 2.41. The van der Waals surface area contributed by atoms with Crippen molar-refractivity contribution in [2.75, 3.05) is 0 Å². The van der Waals surface area contributed by atoms with Crippen LogP contribution in [0, 0.1) is 0 Å². The first kappa shape index (κ1) is 9.97. The Morgan fingerprint density at radius 3 is 2.00 bits per heavy atom. The summed E-state index contributed by atoms with van der Waals surface area (Å²) in [5, 5.41) is 0. The monoisotopic (exact) mass is 188 g/mol. The topological polar surface area (TPSA) is 9.23 Å². The van der Waals surface area contributed by atoms with Gasteiger partial charge >= 0.3 is 0 Å². The highest BCUT2D eigenvalue weighted by Crippen LogP contribution is 2.51. The molecule has 0 bridgehead atoms. The fraction of sp³-hybridized carbons (Fsp3) is 1.00. The van der Waals surface area contributed by atoms with Crippen LogP contribution in [0.5, 0.6) is 0 Å². The van der Waals surface area contributed by atoms with Crippen LogP contribution in [0.15, 0.2) is 0 Å². The molecule has 0 aliphatic rings. The van der Waals surface area contributed by atoms with Crippen LogP contribution in [-0.4, -0.2) is 5.60 Å². The Kier molecular flexibility index (Phi) is 4.41. The van der Waals surface area contributed by atoms with E-state index in [1.807, 2.05) is 20.8 Å². The lowest BCUT2D eigenvalue weighted by molar-refractivity contribution is 0.130. The van der Waals surface area contributed by atoms with Crippen molar-refractivity contribution in [3.05, 3.63) is 0 Å². The summed E-state index contributed by atoms with van der Waals surface area (Å²) in [7, 11) is 0. The van der Waals surface area contributed by atoms with E-state index in [-0.39, 0.29) is 5.60 Å². The second kappa shape index (κ2) is 3.98. The van der Waals surface area contributed by atoms with Crippen molar-refractivity contribution in [3.8, 4) is 0 Å². The van der Waals surface area contributed by atoms with E-state index in [1.54, 1.807) is 0 Å². The Bertz CT molecular complexity index is 85.0. The minimum absolute atomic E-state index is 0.171. The van der Waals surface area contributed by atoms with Crippen LogP contribution < -0.4 is 0 Å². The van der Waals surface area contributed by atoms with Gasteiger partial charge in [0.1, 0.15) is 0 Å². The van der Waals surface area contributed by atoms with E-state index in [0.29, 0.717) is 0 Å². The number of hydrogen-bond acceptors (Lipinski definition) is 1. The van der Waals surface area contributed by atoms with Crippen molar-refractivity contribution in [1.82, 2.24) is 0 Å². The summed E-state index contributed by atoms with van der Waals surface area (Å²) < 4.78 is 5.18. The number of rotatable bonds is 3. The molecule has 0 unspecified atom stereocenters. The van der Waals surface area contributed by atoms with E-state index in [2.05, 4.69) is 0 Å². The van der Waals surface area contributed by atoms with E-state index < -0.39 is 6.85 Å². The molecule has 0 rings (SSSR count). The Balaban J connectivity index is 3.58. The lowest BCUT2D eigenvalue weighted by Crippen LogP contribution is -2.18. The largest absolute Gasteiger partial charge is 0.326 e. The molecule has 0 radical (unpaired) electrons. The van der Waals surface area contributed by atoms with Gasteiger partial charge in [-0.3, -0.25) is 0 Å². The van der Waals surface area contributed by atoms with Crippen molar-refractivity contribution in [3.63, 3.8) is 0 Å². The van der Waals surface area contributed by atoms with E-state index in [0.717, 1.165) is 6.42 Å². The van der Waals surface area contributed by atoms with Gasteiger partial charge in [0.05, 0.1) is 5.60 Å². The van der Waals surface area contributed by atoms with Gasteiger partial charge in [0.25, 0.3) is 0 Å². The molecule has 0 aliphatic carbocycles. The minimum Gasteiger partial charge on any atom is -0.326 e. The maximum Gasteiger partial charge on any atom is 0.226 e. The Morgan fingerprint density at radius 1 is 1.44 bits per heavy atom. The fourth-order valence-electron chi connectivity index (χ4n) is 0.251. The highest BCUT2D eigenvalue weighted by Gasteiger charge is 2.18. The summed E-state index contributed by atoms with van der Waals surface area (Å²) in [5.41, 5.74) is -0.171. The van der Waals surface area contributed by atoms with Crippen molar-refractivity contribution in [1.29, 1.82) is 0 Å². The molecule has 0 saturated heterocycles. The van der Waals surface area contributed by atoms with Crippen LogP contribution in [0.1, 0.15) is 27.2 Å². The average molecular weight is 189 g/mol. The zero-order valence-electron chi connectivity index (χ0n) is 5.82. The summed E-state index contributed by atoms with van der Waals surface area (Å²) in [6.45, 7) is 4.72. The molecule has 56 valence electrons. The van der Waals surface area contributed by atoms with Gasteiger partial charge in [-0.2, -0.15) is 0 Å². The Labute approximate surface area is 67.1 Å². The lowest BCUT2D eigenvalue weighted by atomic mass is 10.1. The normalized spacial score (nSPS) is 12.7. The van der Waals surface area contributed by atoms with Gasteiger partial charge in [0, 0.05) is 0 Å². The minimum atomic E-state index is -1.25. The molecule has 0 atom stereocenters. The summed E-state index contributed by atoms with van der Waals surface area (Å²) in [6, 6.07) is 0. The molecule has 0 aromatic rings. The molecule has 0 aliphatic heterocycles. The van der Waals surface area contributed by atoms with Crippen LogP contribution in [0.3, 0.4) is 0 Å². The van der Waals surface area contributed by atoms with Gasteiger partial charge < -0.3 is 4.52 Å². The first-order valence-electron chi connectivity index (χ1n) is 2.79. The predicted octanol–water partition coefficient (Wildman–Crippen LogP) is 3.90. The third kappa shape index (κ3) is 5.42. The maximum absolute atomic E-state index is 5.45. The molecule has 0 N–H and O–H groups in total. The van der Waals surface area contributed by atoms with Crippen molar-refractivity contribution >= 4 is 29.3 Å². The van der Waals surface area contributed by atoms with Gasteiger partial charge in [-0.15, -0.1) is 0 Å². The van der Waals surface area contributed by atoms with E-state index in [4.69, 9.17) is 27.0 Å². The standard InChI is InChI=1S/C5H11Cl2OP/c1-4-5(2,3)8-9(6)7/h4H2,1-3H3. The summed E-state index contributed by atoms with van der Waals surface area (Å²) in [6.07, 6.45) is 0.922. The van der Waals surface area contributed by atoms with E-state index in [9.17, 15) is 0 Å². The van der Waals surface area contributed by atoms with E-state index in [1.165, 1.54) is 0 Å². The third-order valence-corrected chi connectivity index (χ3v) is 2.21. The Morgan fingerprint density at radius 2 is 1.89 bits per heavy atom. The van der Waals surface area contributed by atoms with E-state index >= 15 is 0 Å². The molecule has 4 heteroatoms. The molecule has 0 aromatic heterocycles. The van der Waals surface area contributed by atoms with Crippen molar-refractivity contribution in [2.24, 2.45) is 0 Å². The third-order valence-electron chi connectivity index (χ3n) is 1.17. The molecule has 0 saturated carbocycles. The second-order valence-corrected chi connectivity index (χ2v) is 5.35. The van der Waals surface area contributed by atoms with Crippen LogP contribution in [0.4, 0.5) is 0 Å². The molecule has 0 amide bonds. The summed E-state index contributed by atoms with van der Waals surface area (Å²) in [4.78, 5) is 0. The molecule has 0 fully saturated rings. The molecule has 9 heavy (non-hydrogen) atoms. The van der Waals surface area contributed by atoms with Gasteiger partial charge in [0.15, 0.2) is 0 Å². The fourth-order valence-corrected chi connectivity index (χ4v) is 1.87. The van der Waals surface area contributed by atoms with Crippen LogP contribution in [-0.2, 0) is 4.52 Å². The zero-order valence-corrected chi connectivity index (χ0v) is 8.22. The molecule has 0 spiro atoms. The molecule has 1 nitrogen and oxygen atoms in total. The lowest BCUT2D eigenvalue weighted by Gasteiger charge is -2.22. The SMILES string of the molecule is CCC(C)(C)OP(Cl)Cl. The summed E-state index contributed by atoms with van der Waals surface area (Å²) >= 11 is 10.9. The van der Waals surface area contributed by atoms with Gasteiger partial charge in [0.2, 0.25) is 6.85 Å². The smallest absolute Gasteiger partial charge is 0.226 e. The average Bonchev–Trinajstić information content (AvgIpc) is 1.63. The van der Waals surface area contributed by atoms with Crippen LogP contribution in [0.2, 0.25) is 0 Å². The molecular formula is C5H11Cl2OP. The number of hydrogen-bond donors (Lipinski definition) is 0. The molecule has 0 heterocycles. The first-order chi connectivity index (χ1) is 3.98.